The molecular formula is C28H23ClF3N5OS. The van der Waals surface area contributed by atoms with Gasteiger partial charge in [-0.15, -0.1) is 5.10 Å². The molecule has 2 heterocycles. The van der Waals surface area contributed by atoms with Crippen LogP contribution in [0.4, 0.5) is 13.2 Å². The number of aromatic nitrogens is 2. The molecule has 1 aliphatic heterocycles. The highest BCUT2D eigenvalue weighted by Gasteiger charge is 2.30. The van der Waals surface area contributed by atoms with Gasteiger partial charge in [-0.25, -0.2) is 18.2 Å². The molecule has 6 nitrogen and oxygen atoms in total. The summed E-state index contributed by atoms with van der Waals surface area (Å²) in [4.78, 5) is 4.61. The third kappa shape index (κ3) is 5.31. The van der Waals surface area contributed by atoms with Crippen molar-refractivity contribution in [2.75, 3.05) is 13.7 Å². The lowest BCUT2D eigenvalue weighted by Crippen LogP contribution is -2.23. The van der Waals surface area contributed by atoms with E-state index in [1.54, 1.807) is 31.5 Å². The van der Waals surface area contributed by atoms with Crippen LogP contribution >= 0.6 is 23.4 Å². The summed E-state index contributed by atoms with van der Waals surface area (Å²) in [6.45, 7) is 4.22. The van der Waals surface area contributed by atoms with Crippen LogP contribution in [0.3, 0.4) is 0 Å². The molecule has 1 aromatic heterocycles. The average molecular weight is 570 g/mol. The van der Waals surface area contributed by atoms with Gasteiger partial charge in [0, 0.05) is 28.0 Å². The van der Waals surface area contributed by atoms with Crippen molar-refractivity contribution < 1.29 is 17.9 Å². The molecule has 0 radical (unpaired) electrons. The quantitative estimate of drug-likeness (QED) is 0.204. The average Bonchev–Trinajstić information content (AvgIpc) is 3.60. The van der Waals surface area contributed by atoms with Crippen LogP contribution in [0.1, 0.15) is 36.2 Å². The SMILES string of the molecule is COc1cc(C(C)(C)c2cnc(SCc3c(F)cc(C4=NN=NC4)cc3F)n2-c2ccc(F)cc2)ccc1Cl. The highest BCUT2D eigenvalue weighted by atomic mass is 35.5. The van der Waals surface area contributed by atoms with Crippen molar-refractivity contribution in [3.8, 4) is 11.4 Å². The predicted molar refractivity (Wildman–Crippen MR) is 146 cm³/mol. The summed E-state index contributed by atoms with van der Waals surface area (Å²) >= 11 is 7.42. The molecule has 0 fully saturated rings. The Bertz CT molecular complexity index is 1580. The van der Waals surface area contributed by atoms with E-state index in [4.69, 9.17) is 16.3 Å². The van der Waals surface area contributed by atoms with Crippen LogP contribution in [0, 0.1) is 17.5 Å². The summed E-state index contributed by atoms with van der Waals surface area (Å²) in [5.41, 5.74) is 2.36. The number of ether oxygens (including phenoxy) is 1. The number of halogens is 4. The molecule has 0 bridgehead atoms. The standard InChI is InChI=1S/C28H23ClF3N5OS/c1-28(2,17-4-9-21(29)25(12-17)38-3)26-14-33-27(37(26)19-7-5-18(30)6-8-19)39-15-20-22(31)10-16(11-23(20)32)24-13-34-36-35-24/h4-12,14H,13,15H2,1-3H3. The molecule has 5 rings (SSSR count). The maximum atomic E-state index is 15.0. The number of hydrogen-bond donors (Lipinski definition) is 0. The largest absolute Gasteiger partial charge is 0.495 e. The fraction of sp³-hybridized carbons (Fsp3) is 0.214. The molecule has 3 aromatic carbocycles. The summed E-state index contributed by atoms with van der Waals surface area (Å²) in [7, 11) is 1.55. The summed E-state index contributed by atoms with van der Waals surface area (Å²) in [6.07, 6.45) is 1.72. The second kappa shape index (κ2) is 10.9. The first kappa shape index (κ1) is 27.0. The molecule has 0 saturated carbocycles. The summed E-state index contributed by atoms with van der Waals surface area (Å²) < 4.78 is 51.1. The fourth-order valence-corrected chi connectivity index (χ4v) is 5.53. The zero-order chi connectivity index (χ0) is 27.7. The normalized spacial score (nSPS) is 13.2. The van der Waals surface area contributed by atoms with Gasteiger partial charge in [-0.05, 0) is 59.3 Å². The van der Waals surface area contributed by atoms with Crippen LogP contribution in [-0.4, -0.2) is 28.9 Å². The van der Waals surface area contributed by atoms with E-state index in [0.717, 1.165) is 11.3 Å². The third-order valence-corrected chi connectivity index (χ3v) is 7.89. The van der Waals surface area contributed by atoms with E-state index in [2.05, 4.69) is 20.4 Å². The minimum atomic E-state index is -0.694. The van der Waals surface area contributed by atoms with Crippen molar-refractivity contribution in [1.82, 2.24) is 9.55 Å². The zero-order valence-electron chi connectivity index (χ0n) is 21.3. The summed E-state index contributed by atoms with van der Waals surface area (Å²) in [5, 5.41) is 12.0. The molecule has 4 aromatic rings. The van der Waals surface area contributed by atoms with E-state index in [1.807, 2.05) is 30.5 Å². The molecule has 0 atom stereocenters. The van der Waals surface area contributed by atoms with Crippen LogP contribution in [0.5, 0.6) is 5.75 Å². The highest BCUT2D eigenvalue weighted by molar-refractivity contribution is 7.98. The molecule has 0 unspecified atom stereocenters. The van der Waals surface area contributed by atoms with Crippen molar-refractivity contribution in [3.05, 3.63) is 106 Å². The lowest BCUT2D eigenvalue weighted by Gasteiger charge is -2.28. The predicted octanol–water partition coefficient (Wildman–Crippen LogP) is 7.74. The number of benzene rings is 3. The van der Waals surface area contributed by atoms with E-state index in [9.17, 15) is 13.2 Å². The van der Waals surface area contributed by atoms with Crippen LogP contribution in [-0.2, 0) is 11.2 Å². The Hall–Kier alpha value is -3.63. The molecule has 1 aliphatic rings. The Morgan fingerprint density at radius 2 is 1.74 bits per heavy atom. The topological polar surface area (TPSA) is 64.1 Å². The van der Waals surface area contributed by atoms with Gasteiger partial charge in [0.25, 0.3) is 0 Å². The van der Waals surface area contributed by atoms with Crippen LogP contribution in [0.15, 0.2) is 81.4 Å². The van der Waals surface area contributed by atoms with Gasteiger partial charge < -0.3 is 4.74 Å². The Morgan fingerprint density at radius 3 is 2.38 bits per heavy atom. The van der Waals surface area contributed by atoms with Gasteiger partial charge in [-0.1, -0.05) is 43.3 Å². The first-order valence-corrected chi connectivity index (χ1v) is 13.3. The molecule has 200 valence electrons. The van der Waals surface area contributed by atoms with Gasteiger partial charge in [-0.2, -0.15) is 5.11 Å². The molecule has 0 aliphatic carbocycles. The fourth-order valence-electron chi connectivity index (χ4n) is 4.32. The second-order valence-electron chi connectivity index (χ2n) is 9.35. The summed E-state index contributed by atoms with van der Waals surface area (Å²) in [5.74, 6) is -1.26. The lowest BCUT2D eigenvalue weighted by atomic mass is 9.81. The Labute approximate surface area is 232 Å². The van der Waals surface area contributed by atoms with Crippen molar-refractivity contribution in [2.45, 2.75) is 30.2 Å². The van der Waals surface area contributed by atoms with Gasteiger partial charge in [0.1, 0.15) is 29.7 Å². The minimum absolute atomic E-state index is 0.0218. The highest BCUT2D eigenvalue weighted by Crippen LogP contribution is 2.39. The number of nitrogens with zero attached hydrogens (tertiary/aromatic N) is 5. The van der Waals surface area contributed by atoms with Gasteiger partial charge >= 0.3 is 0 Å². The van der Waals surface area contributed by atoms with E-state index in [0.29, 0.717) is 32.9 Å². The number of thioether (sulfide) groups is 1. The lowest BCUT2D eigenvalue weighted by molar-refractivity contribution is 0.413. The summed E-state index contributed by atoms with van der Waals surface area (Å²) in [6, 6.07) is 14.0. The Kier molecular flexibility index (Phi) is 7.51. The first-order chi connectivity index (χ1) is 18.7. The molecule has 0 amide bonds. The maximum Gasteiger partial charge on any atom is 0.173 e. The Balaban J connectivity index is 1.52. The minimum Gasteiger partial charge on any atom is -0.495 e. The second-order valence-corrected chi connectivity index (χ2v) is 10.7. The van der Waals surface area contributed by atoms with Crippen molar-refractivity contribution in [2.24, 2.45) is 15.4 Å². The molecule has 39 heavy (non-hydrogen) atoms. The van der Waals surface area contributed by atoms with Crippen LogP contribution in [0.25, 0.3) is 5.69 Å². The smallest absolute Gasteiger partial charge is 0.173 e. The number of rotatable bonds is 8. The zero-order valence-corrected chi connectivity index (χ0v) is 22.8. The van der Waals surface area contributed by atoms with E-state index in [-0.39, 0.29) is 23.7 Å². The Morgan fingerprint density at radius 1 is 1.03 bits per heavy atom. The van der Waals surface area contributed by atoms with Gasteiger partial charge in [0.15, 0.2) is 5.16 Å². The molecule has 11 heteroatoms. The number of imidazole rings is 1. The van der Waals surface area contributed by atoms with E-state index < -0.39 is 17.0 Å². The number of hydrogen-bond acceptors (Lipinski definition) is 6. The van der Waals surface area contributed by atoms with E-state index >= 15 is 0 Å². The monoisotopic (exact) mass is 569 g/mol. The van der Waals surface area contributed by atoms with Crippen molar-refractivity contribution in [3.63, 3.8) is 0 Å². The third-order valence-electron chi connectivity index (χ3n) is 6.60. The first-order valence-electron chi connectivity index (χ1n) is 11.9. The van der Waals surface area contributed by atoms with Crippen LogP contribution in [0.2, 0.25) is 5.02 Å². The molecule has 0 saturated heterocycles. The molecule has 0 spiro atoms. The van der Waals surface area contributed by atoms with Crippen molar-refractivity contribution in [1.29, 1.82) is 0 Å². The molecular weight excluding hydrogens is 547 g/mol. The van der Waals surface area contributed by atoms with Gasteiger partial charge in [0.2, 0.25) is 0 Å². The van der Waals surface area contributed by atoms with Gasteiger partial charge in [-0.3, -0.25) is 4.57 Å². The van der Waals surface area contributed by atoms with Crippen molar-refractivity contribution >= 4 is 29.1 Å². The van der Waals surface area contributed by atoms with Crippen LogP contribution < -0.4 is 4.74 Å². The maximum absolute atomic E-state index is 15.0. The van der Waals surface area contributed by atoms with E-state index in [1.165, 1.54) is 36.0 Å². The number of methoxy groups -OCH3 is 1. The molecule has 0 N–H and O–H groups in total. The van der Waals surface area contributed by atoms with Gasteiger partial charge in [0.05, 0.1) is 29.7 Å².